The SMILES string of the molecule is COc1nn(C)cc1-c1nnc(SCC(=O)N2CCCCCC2)n1C. The number of amides is 1. The lowest BCUT2D eigenvalue weighted by Crippen LogP contribution is -2.33. The Morgan fingerprint density at radius 2 is 1.92 bits per heavy atom. The maximum Gasteiger partial charge on any atom is 0.243 e. The summed E-state index contributed by atoms with van der Waals surface area (Å²) in [4.78, 5) is 14.4. The molecule has 0 atom stereocenters. The number of aryl methyl sites for hydroxylation is 1. The second-order valence-electron chi connectivity index (χ2n) is 6.17. The van der Waals surface area contributed by atoms with E-state index in [0.29, 0.717) is 22.6 Å². The van der Waals surface area contributed by atoms with Gasteiger partial charge in [0.2, 0.25) is 11.8 Å². The van der Waals surface area contributed by atoms with Crippen LogP contribution in [0.25, 0.3) is 11.4 Å². The van der Waals surface area contributed by atoms with Crippen LogP contribution in [0.15, 0.2) is 11.4 Å². The first-order chi connectivity index (χ1) is 12.1. The van der Waals surface area contributed by atoms with Crippen molar-refractivity contribution in [3.8, 4) is 17.3 Å². The van der Waals surface area contributed by atoms with E-state index >= 15 is 0 Å². The predicted molar refractivity (Wildman–Crippen MR) is 95.5 cm³/mol. The van der Waals surface area contributed by atoms with E-state index in [1.807, 2.05) is 29.8 Å². The molecule has 1 amide bonds. The highest BCUT2D eigenvalue weighted by Gasteiger charge is 2.20. The predicted octanol–water partition coefficient (Wildman–Crippen LogP) is 1.72. The third-order valence-electron chi connectivity index (χ3n) is 4.35. The Hall–Kier alpha value is -2.03. The summed E-state index contributed by atoms with van der Waals surface area (Å²) in [6.07, 6.45) is 6.49. The lowest BCUT2D eigenvalue weighted by atomic mass is 10.2. The number of thioether (sulfide) groups is 1. The molecule has 0 saturated carbocycles. The van der Waals surface area contributed by atoms with Gasteiger partial charge in [0.05, 0.1) is 12.9 Å². The van der Waals surface area contributed by atoms with Crippen LogP contribution in [0.5, 0.6) is 5.88 Å². The van der Waals surface area contributed by atoms with Crippen LogP contribution in [-0.4, -0.2) is 61.3 Å². The first-order valence-electron chi connectivity index (χ1n) is 8.48. The molecule has 2 aromatic rings. The average Bonchev–Trinajstić information content (AvgIpc) is 3.02. The number of likely N-dealkylation sites (tertiary alicyclic amines) is 1. The zero-order valence-corrected chi connectivity index (χ0v) is 15.8. The fourth-order valence-electron chi connectivity index (χ4n) is 2.99. The van der Waals surface area contributed by atoms with Crippen molar-refractivity contribution < 1.29 is 9.53 Å². The highest BCUT2D eigenvalue weighted by atomic mass is 32.2. The van der Waals surface area contributed by atoms with E-state index in [1.54, 1.807) is 11.8 Å². The van der Waals surface area contributed by atoms with Crippen molar-refractivity contribution in [1.82, 2.24) is 29.4 Å². The highest BCUT2D eigenvalue weighted by molar-refractivity contribution is 7.99. The number of hydrogen-bond acceptors (Lipinski definition) is 6. The van der Waals surface area contributed by atoms with Gasteiger partial charge in [0.15, 0.2) is 11.0 Å². The summed E-state index contributed by atoms with van der Waals surface area (Å²) in [6.45, 7) is 1.74. The molecule has 3 rings (SSSR count). The molecule has 1 aliphatic rings. The molecular formula is C16H24N6O2S. The molecule has 136 valence electrons. The fourth-order valence-corrected chi connectivity index (χ4v) is 3.80. The standard InChI is InChI=1S/C16H24N6O2S/c1-20-10-12(15(19-20)24-3)14-17-18-16(21(14)2)25-11-13(23)22-8-6-4-5-7-9-22/h10H,4-9,11H2,1-3H3. The van der Waals surface area contributed by atoms with Crippen LogP contribution in [0.2, 0.25) is 0 Å². The zero-order valence-electron chi connectivity index (χ0n) is 14.9. The summed E-state index contributed by atoms with van der Waals surface area (Å²) in [7, 11) is 5.30. The van der Waals surface area contributed by atoms with Crippen LogP contribution < -0.4 is 4.74 Å². The molecule has 9 heteroatoms. The molecule has 0 spiro atoms. The van der Waals surface area contributed by atoms with Gasteiger partial charge in [0.25, 0.3) is 0 Å². The monoisotopic (exact) mass is 364 g/mol. The van der Waals surface area contributed by atoms with Crippen LogP contribution >= 0.6 is 11.8 Å². The maximum absolute atomic E-state index is 12.4. The molecule has 25 heavy (non-hydrogen) atoms. The fraction of sp³-hybridized carbons (Fsp3) is 0.625. The van der Waals surface area contributed by atoms with Gasteiger partial charge in [-0.15, -0.1) is 15.3 Å². The molecule has 3 heterocycles. The molecule has 0 N–H and O–H groups in total. The number of carbonyl (C=O) groups excluding carboxylic acids is 1. The Morgan fingerprint density at radius 3 is 2.60 bits per heavy atom. The van der Waals surface area contributed by atoms with Crippen molar-refractivity contribution in [2.75, 3.05) is 26.0 Å². The van der Waals surface area contributed by atoms with E-state index in [-0.39, 0.29) is 5.91 Å². The van der Waals surface area contributed by atoms with Gasteiger partial charge in [-0.1, -0.05) is 24.6 Å². The zero-order chi connectivity index (χ0) is 17.8. The molecule has 0 bridgehead atoms. The van der Waals surface area contributed by atoms with Crippen molar-refractivity contribution in [2.24, 2.45) is 14.1 Å². The summed E-state index contributed by atoms with van der Waals surface area (Å²) >= 11 is 1.42. The number of methoxy groups -OCH3 is 1. The minimum absolute atomic E-state index is 0.176. The number of aromatic nitrogens is 5. The van der Waals surface area contributed by atoms with Crippen LogP contribution in [0.3, 0.4) is 0 Å². The van der Waals surface area contributed by atoms with Crippen molar-refractivity contribution >= 4 is 17.7 Å². The third-order valence-corrected chi connectivity index (χ3v) is 5.35. The lowest BCUT2D eigenvalue weighted by Gasteiger charge is -2.19. The van der Waals surface area contributed by atoms with Gasteiger partial charge in [-0.05, 0) is 12.8 Å². The number of ether oxygens (including phenoxy) is 1. The lowest BCUT2D eigenvalue weighted by molar-refractivity contribution is -0.128. The van der Waals surface area contributed by atoms with E-state index in [0.717, 1.165) is 31.5 Å². The van der Waals surface area contributed by atoms with Crippen LogP contribution in [0, 0.1) is 0 Å². The van der Waals surface area contributed by atoms with E-state index in [4.69, 9.17) is 4.74 Å². The Balaban J connectivity index is 1.68. The molecule has 1 fully saturated rings. The summed E-state index contributed by atoms with van der Waals surface area (Å²) in [5.74, 6) is 1.75. The third kappa shape index (κ3) is 3.97. The summed E-state index contributed by atoms with van der Waals surface area (Å²) in [5, 5.41) is 13.4. The molecule has 0 aromatic carbocycles. The highest BCUT2D eigenvalue weighted by Crippen LogP contribution is 2.29. The number of hydrogen-bond donors (Lipinski definition) is 0. The van der Waals surface area contributed by atoms with Crippen molar-refractivity contribution in [3.05, 3.63) is 6.20 Å². The second-order valence-corrected chi connectivity index (χ2v) is 7.12. The van der Waals surface area contributed by atoms with Crippen LogP contribution in [-0.2, 0) is 18.9 Å². The first kappa shape index (κ1) is 17.8. The minimum atomic E-state index is 0.176. The van der Waals surface area contributed by atoms with Crippen molar-refractivity contribution in [1.29, 1.82) is 0 Å². The quantitative estimate of drug-likeness (QED) is 0.752. The number of rotatable bonds is 5. The van der Waals surface area contributed by atoms with Crippen molar-refractivity contribution in [2.45, 2.75) is 30.8 Å². The largest absolute Gasteiger partial charge is 0.479 e. The molecule has 1 saturated heterocycles. The summed E-state index contributed by atoms with van der Waals surface area (Å²) < 4.78 is 8.85. The second kappa shape index (κ2) is 7.90. The Labute approximate surface area is 151 Å². The molecule has 0 aliphatic carbocycles. The topological polar surface area (TPSA) is 78.1 Å². The Morgan fingerprint density at radius 1 is 1.20 bits per heavy atom. The van der Waals surface area contributed by atoms with Gasteiger partial charge >= 0.3 is 0 Å². The van der Waals surface area contributed by atoms with Gasteiger partial charge in [0, 0.05) is 33.4 Å². The van der Waals surface area contributed by atoms with Crippen LogP contribution in [0.1, 0.15) is 25.7 Å². The molecule has 1 aliphatic heterocycles. The van der Waals surface area contributed by atoms with E-state index in [9.17, 15) is 4.79 Å². The van der Waals surface area contributed by atoms with Gasteiger partial charge in [0.1, 0.15) is 5.56 Å². The Bertz CT molecular complexity index is 733. The van der Waals surface area contributed by atoms with E-state index in [2.05, 4.69) is 15.3 Å². The first-order valence-corrected chi connectivity index (χ1v) is 9.46. The smallest absolute Gasteiger partial charge is 0.243 e. The van der Waals surface area contributed by atoms with Crippen molar-refractivity contribution in [3.63, 3.8) is 0 Å². The van der Waals surface area contributed by atoms with Gasteiger partial charge < -0.3 is 14.2 Å². The van der Waals surface area contributed by atoms with Gasteiger partial charge in [-0.25, -0.2) is 0 Å². The van der Waals surface area contributed by atoms with Gasteiger partial charge in [-0.2, -0.15) is 0 Å². The van der Waals surface area contributed by atoms with E-state index < -0.39 is 0 Å². The number of carbonyl (C=O) groups is 1. The molecule has 0 unspecified atom stereocenters. The number of nitrogens with zero attached hydrogens (tertiary/aromatic N) is 6. The van der Waals surface area contributed by atoms with Gasteiger partial charge in [-0.3, -0.25) is 9.48 Å². The molecule has 8 nitrogen and oxygen atoms in total. The normalized spacial score (nSPS) is 15.2. The Kier molecular flexibility index (Phi) is 5.62. The minimum Gasteiger partial charge on any atom is -0.479 e. The molecule has 0 radical (unpaired) electrons. The molecular weight excluding hydrogens is 340 g/mol. The summed E-state index contributed by atoms with van der Waals surface area (Å²) in [5.41, 5.74) is 0.783. The maximum atomic E-state index is 12.4. The van der Waals surface area contributed by atoms with E-state index in [1.165, 1.54) is 24.6 Å². The molecule has 2 aromatic heterocycles. The summed E-state index contributed by atoms with van der Waals surface area (Å²) in [6, 6.07) is 0. The average molecular weight is 364 g/mol. The van der Waals surface area contributed by atoms with Crippen LogP contribution in [0.4, 0.5) is 0 Å².